The van der Waals surface area contributed by atoms with Gasteiger partial charge >= 0.3 is 5.97 Å². The van der Waals surface area contributed by atoms with Gasteiger partial charge in [-0.25, -0.2) is 8.42 Å². The van der Waals surface area contributed by atoms with Crippen LogP contribution in [0.3, 0.4) is 0 Å². The Labute approximate surface area is 213 Å². The first kappa shape index (κ1) is 26.3. The number of morpholine rings is 1. The zero-order chi connectivity index (χ0) is 25.2. The second kappa shape index (κ2) is 10.7. The van der Waals surface area contributed by atoms with E-state index in [0.29, 0.717) is 37.8 Å². The fourth-order valence-electron chi connectivity index (χ4n) is 4.96. The van der Waals surface area contributed by atoms with Crippen molar-refractivity contribution in [2.45, 2.75) is 74.6 Å². The van der Waals surface area contributed by atoms with Gasteiger partial charge in [0.2, 0.25) is 10.0 Å². The highest BCUT2D eigenvalue weighted by atomic mass is 32.2. The molecule has 2 aromatic rings. The predicted molar refractivity (Wildman–Crippen MR) is 136 cm³/mol. The number of aromatic nitrogens is 1. The number of ether oxygens (including phenoxy) is 2. The highest BCUT2D eigenvalue weighted by Crippen LogP contribution is 2.45. The van der Waals surface area contributed by atoms with Crippen LogP contribution in [0, 0.1) is 12.3 Å². The summed E-state index contributed by atoms with van der Waals surface area (Å²) in [7, 11) is -3.52. The molecule has 1 unspecified atom stereocenters. The van der Waals surface area contributed by atoms with E-state index in [4.69, 9.17) is 9.47 Å². The van der Waals surface area contributed by atoms with Gasteiger partial charge in [0.1, 0.15) is 6.54 Å². The second-order valence-electron chi connectivity index (χ2n) is 9.66. The number of hydrogen-bond donors (Lipinski definition) is 0. The molecule has 1 atom stereocenters. The van der Waals surface area contributed by atoms with Crippen LogP contribution in [0.1, 0.15) is 50.6 Å². The third-order valence-corrected chi connectivity index (χ3v) is 10.5. The molecule has 0 radical (unpaired) electrons. The first-order valence-corrected chi connectivity index (χ1v) is 14.7. The van der Waals surface area contributed by atoms with Crippen LogP contribution in [-0.2, 0) is 43.7 Å². The van der Waals surface area contributed by atoms with E-state index in [-0.39, 0.29) is 17.9 Å². The van der Waals surface area contributed by atoms with Crippen molar-refractivity contribution in [1.29, 1.82) is 0 Å². The van der Waals surface area contributed by atoms with Gasteiger partial charge < -0.3 is 14.0 Å². The van der Waals surface area contributed by atoms with Gasteiger partial charge in [0.15, 0.2) is 0 Å². The van der Waals surface area contributed by atoms with Crippen LogP contribution in [0.15, 0.2) is 39.0 Å². The monoisotopic (exact) mass is 520 g/mol. The molecule has 1 aliphatic carbocycles. The van der Waals surface area contributed by atoms with Gasteiger partial charge in [0.25, 0.3) is 0 Å². The SMILES string of the molecule is CCOC(=O)Cn1c(C)c(Sc2ccc(S(=O)(=O)N3CCOCC3)cc2)c2c1CCC(C)(CC)C2. The Morgan fingerprint density at radius 3 is 2.49 bits per heavy atom. The summed E-state index contributed by atoms with van der Waals surface area (Å²) in [5, 5.41) is 0. The number of benzene rings is 1. The highest BCUT2D eigenvalue weighted by Gasteiger charge is 2.34. The normalized spacial score (nSPS) is 21.0. The molecule has 2 heterocycles. The molecule has 1 saturated heterocycles. The lowest BCUT2D eigenvalue weighted by atomic mass is 9.73. The van der Waals surface area contributed by atoms with Crippen molar-refractivity contribution in [2.75, 3.05) is 32.9 Å². The van der Waals surface area contributed by atoms with E-state index in [9.17, 15) is 13.2 Å². The Morgan fingerprint density at radius 2 is 1.86 bits per heavy atom. The number of nitrogens with zero attached hydrogens (tertiary/aromatic N) is 2. The molecule has 1 aliphatic heterocycles. The zero-order valence-corrected chi connectivity index (χ0v) is 22.8. The van der Waals surface area contributed by atoms with Crippen LogP contribution in [0.5, 0.6) is 0 Å². The summed E-state index contributed by atoms with van der Waals surface area (Å²) in [4.78, 5) is 14.8. The van der Waals surface area contributed by atoms with E-state index in [1.807, 2.05) is 19.1 Å². The second-order valence-corrected chi connectivity index (χ2v) is 12.7. The summed E-state index contributed by atoms with van der Waals surface area (Å²) in [5.74, 6) is -0.216. The quantitative estimate of drug-likeness (QED) is 0.479. The van der Waals surface area contributed by atoms with Crippen LogP contribution in [0.2, 0.25) is 0 Å². The van der Waals surface area contributed by atoms with Gasteiger partial charge in [-0.05, 0) is 68.4 Å². The summed E-state index contributed by atoms with van der Waals surface area (Å²) in [6.07, 6.45) is 4.12. The molecule has 0 bridgehead atoms. The Kier molecular flexibility index (Phi) is 8.00. The van der Waals surface area contributed by atoms with Crippen LogP contribution in [-0.4, -0.2) is 56.2 Å². The Hall–Kier alpha value is -1.81. The van der Waals surface area contributed by atoms with E-state index in [1.54, 1.807) is 23.9 Å². The van der Waals surface area contributed by atoms with Gasteiger partial charge in [-0.15, -0.1) is 0 Å². The number of esters is 1. The summed E-state index contributed by atoms with van der Waals surface area (Å²) in [6.45, 7) is 10.7. The molecule has 7 nitrogen and oxygen atoms in total. The van der Waals surface area contributed by atoms with E-state index in [1.165, 1.54) is 20.5 Å². The van der Waals surface area contributed by atoms with Crippen LogP contribution < -0.4 is 0 Å². The number of rotatable bonds is 8. The maximum atomic E-state index is 13.0. The molecular formula is C26H36N2O5S2. The smallest absolute Gasteiger partial charge is 0.325 e. The third-order valence-electron chi connectivity index (χ3n) is 7.35. The topological polar surface area (TPSA) is 77.8 Å². The summed E-state index contributed by atoms with van der Waals surface area (Å²) in [5.41, 5.74) is 3.85. The Morgan fingerprint density at radius 1 is 1.17 bits per heavy atom. The molecular weight excluding hydrogens is 484 g/mol. The van der Waals surface area contributed by atoms with Gasteiger partial charge in [-0.3, -0.25) is 4.79 Å². The first-order chi connectivity index (χ1) is 16.7. The van der Waals surface area contributed by atoms with Crippen molar-refractivity contribution in [1.82, 2.24) is 8.87 Å². The standard InChI is InChI=1S/C26H36N2O5S2/c1-5-26(4)12-11-23-22(17-26)25(19(3)28(23)18-24(29)33-6-2)34-20-7-9-21(10-8-20)35(30,31)27-13-15-32-16-14-27/h7-10H,5-6,11-18H2,1-4H3. The lowest BCUT2D eigenvalue weighted by Gasteiger charge is -2.33. The van der Waals surface area contributed by atoms with Gasteiger partial charge in [-0.1, -0.05) is 32.0 Å². The van der Waals surface area contributed by atoms with Crippen molar-refractivity contribution < 1.29 is 22.7 Å². The molecule has 0 amide bonds. The Bertz CT molecular complexity index is 1170. The average Bonchev–Trinajstić information content (AvgIpc) is 3.10. The van der Waals surface area contributed by atoms with E-state index < -0.39 is 10.0 Å². The lowest BCUT2D eigenvalue weighted by Crippen LogP contribution is -2.40. The maximum Gasteiger partial charge on any atom is 0.325 e. The minimum Gasteiger partial charge on any atom is -0.465 e. The highest BCUT2D eigenvalue weighted by molar-refractivity contribution is 7.99. The minimum absolute atomic E-state index is 0.216. The van der Waals surface area contributed by atoms with Crippen LogP contribution in [0.25, 0.3) is 0 Å². The number of fused-ring (bicyclic) bond motifs is 1. The van der Waals surface area contributed by atoms with Crippen molar-refractivity contribution in [2.24, 2.45) is 5.41 Å². The molecule has 2 aliphatic rings. The van der Waals surface area contributed by atoms with Gasteiger partial charge in [0.05, 0.1) is 24.7 Å². The summed E-state index contributed by atoms with van der Waals surface area (Å²) < 4.78 is 40.1. The molecule has 0 N–H and O–H groups in total. The molecule has 9 heteroatoms. The number of hydrogen-bond acceptors (Lipinski definition) is 6. The molecule has 1 fully saturated rings. The summed E-state index contributed by atoms with van der Waals surface area (Å²) >= 11 is 1.65. The van der Waals surface area contributed by atoms with Crippen LogP contribution in [0.4, 0.5) is 0 Å². The third kappa shape index (κ3) is 5.48. The molecule has 0 saturated carbocycles. The van der Waals surface area contributed by atoms with Crippen molar-refractivity contribution in [3.63, 3.8) is 0 Å². The predicted octanol–water partition coefficient (Wildman–Crippen LogP) is 4.44. The van der Waals surface area contributed by atoms with Crippen molar-refractivity contribution >= 4 is 27.8 Å². The van der Waals surface area contributed by atoms with Crippen molar-refractivity contribution in [3.8, 4) is 0 Å². The molecule has 4 rings (SSSR count). The Balaban J connectivity index is 1.63. The van der Waals surface area contributed by atoms with E-state index in [2.05, 4.69) is 25.3 Å². The van der Waals surface area contributed by atoms with E-state index in [0.717, 1.165) is 36.3 Å². The number of carbonyl (C=O) groups excluding carboxylic acids is 1. The summed E-state index contributed by atoms with van der Waals surface area (Å²) in [6, 6.07) is 7.16. The minimum atomic E-state index is -3.52. The number of sulfonamides is 1. The van der Waals surface area contributed by atoms with Gasteiger partial charge in [0, 0.05) is 34.3 Å². The molecule has 0 spiro atoms. The zero-order valence-electron chi connectivity index (χ0n) is 21.1. The largest absolute Gasteiger partial charge is 0.465 e. The number of carbonyl (C=O) groups is 1. The molecule has 1 aromatic carbocycles. The average molecular weight is 521 g/mol. The lowest BCUT2D eigenvalue weighted by molar-refractivity contribution is -0.143. The molecule has 35 heavy (non-hydrogen) atoms. The van der Waals surface area contributed by atoms with Crippen LogP contribution >= 0.6 is 11.8 Å². The first-order valence-electron chi connectivity index (χ1n) is 12.4. The molecule has 1 aromatic heterocycles. The molecule has 192 valence electrons. The van der Waals surface area contributed by atoms with Crippen molar-refractivity contribution in [3.05, 3.63) is 41.2 Å². The fourth-order valence-corrected chi connectivity index (χ4v) is 7.45. The maximum absolute atomic E-state index is 13.0. The fraction of sp³-hybridized carbons (Fsp3) is 0.577. The van der Waals surface area contributed by atoms with Gasteiger partial charge in [-0.2, -0.15) is 4.31 Å². The van der Waals surface area contributed by atoms with E-state index >= 15 is 0 Å².